The number of hydrogen-bond donors (Lipinski definition) is 2. The van der Waals surface area contributed by atoms with E-state index in [1.807, 2.05) is 45.0 Å². The van der Waals surface area contributed by atoms with Crippen molar-refractivity contribution in [2.45, 2.75) is 32.7 Å². The van der Waals surface area contributed by atoms with E-state index in [0.29, 0.717) is 16.7 Å². The predicted octanol–water partition coefficient (Wildman–Crippen LogP) is 2.86. The van der Waals surface area contributed by atoms with E-state index in [4.69, 9.17) is 17.3 Å². The largest absolute Gasteiger partial charge is 0.369 e. The summed E-state index contributed by atoms with van der Waals surface area (Å²) in [7, 11) is 0. The van der Waals surface area contributed by atoms with Crippen LogP contribution < -0.4 is 5.73 Å². The number of aromatic amines is 1. The maximum Gasteiger partial charge on any atom is 0.225 e. The van der Waals surface area contributed by atoms with Crippen LogP contribution in [0.15, 0.2) is 24.3 Å². The fraction of sp³-hybridized carbons (Fsp3) is 0.312. The maximum atomic E-state index is 11.2. The summed E-state index contributed by atoms with van der Waals surface area (Å²) in [6.45, 7) is 6.07. The molecule has 0 atom stereocenters. The van der Waals surface area contributed by atoms with Gasteiger partial charge in [0.15, 0.2) is 11.6 Å². The number of carbonyl (C=O) groups is 1. The number of fused-ring (bicyclic) bond motifs is 1. The molecule has 0 aliphatic heterocycles. The summed E-state index contributed by atoms with van der Waals surface area (Å²) in [5, 5.41) is 6.03. The summed E-state index contributed by atoms with van der Waals surface area (Å²) in [6, 6.07) is 7.62. The van der Waals surface area contributed by atoms with Gasteiger partial charge in [-0.15, -0.1) is 0 Å². The molecule has 0 aliphatic rings. The number of aromatic nitrogens is 4. The molecular weight excluding hydrogens is 314 g/mol. The number of hydrogen-bond acceptors (Lipinski definition) is 3. The molecule has 3 rings (SSSR count). The van der Waals surface area contributed by atoms with Gasteiger partial charge in [0, 0.05) is 15.9 Å². The van der Waals surface area contributed by atoms with Crippen molar-refractivity contribution in [3.63, 3.8) is 0 Å². The number of rotatable bonds is 3. The summed E-state index contributed by atoms with van der Waals surface area (Å²) in [5.74, 6) is 0.607. The van der Waals surface area contributed by atoms with Crippen LogP contribution in [0.2, 0.25) is 5.02 Å². The van der Waals surface area contributed by atoms with Crippen molar-refractivity contribution >= 4 is 28.4 Å². The fourth-order valence-corrected chi connectivity index (χ4v) is 2.70. The van der Waals surface area contributed by atoms with E-state index in [-0.39, 0.29) is 12.0 Å². The molecule has 3 N–H and O–H groups in total. The molecule has 0 fully saturated rings. The zero-order valence-corrected chi connectivity index (χ0v) is 14.0. The van der Waals surface area contributed by atoms with Crippen molar-refractivity contribution < 1.29 is 4.79 Å². The van der Waals surface area contributed by atoms with Gasteiger partial charge in [-0.1, -0.05) is 17.7 Å². The maximum absolute atomic E-state index is 11.2. The van der Waals surface area contributed by atoms with E-state index in [1.54, 1.807) is 4.68 Å². The van der Waals surface area contributed by atoms with Crippen molar-refractivity contribution in [1.29, 1.82) is 0 Å². The van der Waals surface area contributed by atoms with E-state index in [2.05, 4.69) is 15.1 Å². The molecule has 0 radical (unpaired) electrons. The third kappa shape index (κ3) is 2.94. The number of H-pyrrole nitrogens is 1. The Morgan fingerprint density at radius 1 is 1.39 bits per heavy atom. The minimum absolute atomic E-state index is 0.0110. The van der Waals surface area contributed by atoms with Gasteiger partial charge in [-0.3, -0.25) is 4.79 Å². The van der Waals surface area contributed by atoms with Gasteiger partial charge in [0.25, 0.3) is 0 Å². The Labute approximate surface area is 138 Å². The van der Waals surface area contributed by atoms with E-state index in [0.717, 1.165) is 16.6 Å². The number of carbonyl (C=O) groups excluding carboxylic acids is 1. The van der Waals surface area contributed by atoms with Crippen LogP contribution in [0.25, 0.3) is 22.4 Å². The van der Waals surface area contributed by atoms with Crippen LogP contribution in [0.1, 0.15) is 26.6 Å². The Kier molecular flexibility index (Phi) is 3.64. The zero-order chi connectivity index (χ0) is 16.8. The van der Waals surface area contributed by atoms with Crippen molar-refractivity contribution in [2.24, 2.45) is 5.73 Å². The van der Waals surface area contributed by atoms with Gasteiger partial charge in [0.1, 0.15) is 0 Å². The van der Waals surface area contributed by atoms with Gasteiger partial charge in [-0.2, -0.15) is 5.10 Å². The first-order valence-corrected chi connectivity index (χ1v) is 7.66. The Bertz CT molecular complexity index is 888. The smallest absolute Gasteiger partial charge is 0.225 e. The van der Waals surface area contributed by atoms with Gasteiger partial charge < -0.3 is 10.7 Å². The van der Waals surface area contributed by atoms with Crippen molar-refractivity contribution in [3.8, 4) is 11.5 Å². The Morgan fingerprint density at radius 3 is 2.74 bits per heavy atom. The average Bonchev–Trinajstić information content (AvgIpc) is 3.01. The topological polar surface area (TPSA) is 89.6 Å². The van der Waals surface area contributed by atoms with E-state index in [9.17, 15) is 4.79 Å². The molecule has 1 aromatic carbocycles. The molecule has 6 nitrogen and oxygen atoms in total. The lowest BCUT2D eigenvalue weighted by Gasteiger charge is -2.20. The lowest BCUT2D eigenvalue weighted by atomic mass is 10.1. The quantitative estimate of drug-likeness (QED) is 0.773. The number of nitrogens with one attached hydrogen (secondary N) is 1. The number of nitrogens with zero attached hydrogens (tertiary/aromatic N) is 3. The number of amides is 1. The van der Waals surface area contributed by atoms with E-state index >= 15 is 0 Å². The molecule has 23 heavy (non-hydrogen) atoms. The minimum atomic E-state index is -0.456. The molecule has 1 amide bonds. The number of benzene rings is 1. The molecule has 0 saturated heterocycles. The molecule has 0 bridgehead atoms. The third-order valence-corrected chi connectivity index (χ3v) is 3.80. The average molecular weight is 332 g/mol. The van der Waals surface area contributed by atoms with Crippen molar-refractivity contribution in [1.82, 2.24) is 19.7 Å². The van der Waals surface area contributed by atoms with Crippen molar-refractivity contribution in [2.75, 3.05) is 0 Å². The van der Waals surface area contributed by atoms with Gasteiger partial charge in [-0.25, -0.2) is 9.67 Å². The second-order valence-corrected chi connectivity index (χ2v) is 6.87. The second-order valence-electron chi connectivity index (χ2n) is 6.46. The highest BCUT2D eigenvalue weighted by Gasteiger charge is 2.23. The summed E-state index contributed by atoms with van der Waals surface area (Å²) in [4.78, 5) is 19.0. The molecule has 0 aliphatic carbocycles. The number of halogens is 1. The molecule has 3 aromatic rings. The molecule has 0 unspecified atom stereocenters. The molecule has 0 saturated carbocycles. The zero-order valence-electron chi connectivity index (χ0n) is 13.2. The normalized spacial score (nSPS) is 12.0. The van der Waals surface area contributed by atoms with E-state index in [1.165, 1.54) is 0 Å². The number of nitrogens with two attached hydrogens (primary N) is 1. The monoisotopic (exact) mass is 331 g/mol. The van der Waals surface area contributed by atoms with Crippen molar-refractivity contribution in [3.05, 3.63) is 35.1 Å². The molecule has 0 spiro atoms. The second kappa shape index (κ2) is 5.38. The lowest BCUT2D eigenvalue weighted by molar-refractivity contribution is -0.117. The molecule has 120 valence electrons. The van der Waals surface area contributed by atoms with Gasteiger partial charge in [0.05, 0.1) is 17.7 Å². The Hall–Kier alpha value is -2.34. The highest BCUT2D eigenvalue weighted by Crippen LogP contribution is 2.30. The Morgan fingerprint density at radius 2 is 2.13 bits per heavy atom. The van der Waals surface area contributed by atoms with E-state index < -0.39 is 5.91 Å². The predicted molar refractivity (Wildman–Crippen MR) is 90.2 cm³/mol. The van der Waals surface area contributed by atoms with Crippen LogP contribution >= 0.6 is 11.6 Å². The number of primary amides is 1. The first-order chi connectivity index (χ1) is 10.8. The summed E-state index contributed by atoms with van der Waals surface area (Å²) >= 11 is 6.24. The summed E-state index contributed by atoms with van der Waals surface area (Å²) in [6.07, 6.45) is 0.0110. The fourth-order valence-electron chi connectivity index (χ4n) is 2.47. The van der Waals surface area contributed by atoms with Crippen LogP contribution in [0, 0.1) is 0 Å². The standard InChI is InChI=1S/C16H18ClN5O/c1-16(2,3)22-15(20-14(21-22)8-13(18)23)12-7-9-10(17)5-4-6-11(9)19-12/h4-7,19H,8H2,1-3H3,(H2,18,23). The molecule has 7 heteroatoms. The molecule has 2 aromatic heterocycles. The van der Waals surface area contributed by atoms with Crippen LogP contribution in [-0.2, 0) is 16.8 Å². The highest BCUT2D eigenvalue weighted by atomic mass is 35.5. The summed E-state index contributed by atoms with van der Waals surface area (Å²) < 4.78 is 1.80. The first kappa shape index (κ1) is 15.6. The lowest BCUT2D eigenvalue weighted by Crippen LogP contribution is -2.24. The minimum Gasteiger partial charge on any atom is -0.369 e. The highest BCUT2D eigenvalue weighted by molar-refractivity contribution is 6.35. The van der Waals surface area contributed by atoms with Gasteiger partial charge in [0.2, 0.25) is 5.91 Å². The Balaban J connectivity index is 2.18. The van der Waals surface area contributed by atoms with Crippen LogP contribution in [0.4, 0.5) is 0 Å². The van der Waals surface area contributed by atoms with Gasteiger partial charge in [-0.05, 0) is 39.0 Å². The third-order valence-electron chi connectivity index (χ3n) is 3.47. The summed E-state index contributed by atoms with van der Waals surface area (Å²) in [5.41, 5.74) is 6.69. The van der Waals surface area contributed by atoms with Gasteiger partial charge >= 0.3 is 0 Å². The van der Waals surface area contributed by atoms with Crippen LogP contribution in [0.3, 0.4) is 0 Å². The first-order valence-electron chi connectivity index (χ1n) is 7.28. The SMILES string of the molecule is CC(C)(C)n1nc(CC(N)=O)nc1-c1cc2c(Cl)cccc2[nH]1. The van der Waals surface area contributed by atoms with Crippen LogP contribution in [-0.4, -0.2) is 25.7 Å². The molecular formula is C16H18ClN5O. The van der Waals surface area contributed by atoms with Crippen LogP contribution in [0.5, 0.6) is 0 Å². The molecule has 2 heterocycles.